The van der Waals surface area contributed by atoms with Crippen LogP contribution in [0.4, 0.5) is 5.82 Å². The van der Waals surface area contributed by atoms with E-state index in [-0.39, 0.29) is 18.1 Å². The second-order valence-corrected chi connectivity index (χ2v) is 8.55. The highest BCUT2D eigenvalue weighted by atomic mass is 16.5. The molecule has 5 rings (SSSR count). The second kappa shape index (κ2) is 9.61. The van der Waals surface area contributed by atoms with Gasteiger partial charge in [0.05, 0.1) is 24.7 Å². The number of carbonyl (C=O) groups is 1. The minimum Gasteiger partial charge on any atom is -0.497 e. The van der Waals surface area contributed by atoms with Gasteiger partial charge in [-0.2, -0.15) is 19.9 Å². The van der Waals surface area contributed by atoms with Gasteiger partial charge in [0, 0.05) is 6.07 Å². The monoisotopic (exact) mass is 499 g/mol. The average molecular weight is 500 g/mol. The van der Waals surface area contributed by atoms with Crippen molar-refractivity contribution in [2.45, 2.75) is 20.8 Å². The van der Waals surface area contributed by atoms with E-state index in [1.54, 1.807) is 49.0 Å². The fraction of sp³-hybridized carbons (Fsp3) is 0.192. The molecular formula is C26H25N7O4. The number of rotatable bonds is 7. The molecule has 0 saturated carbocycles. The zero-order valence-electron chi connectivity index (χ0n) is 20.8. The van der Waals surface area contributed by atoms with Crippen molar-refractivity contribution in [3.63, 3.8) is 0 Å². The van der Waals surface area contributed by atoms with E-state index in [0.29, 0.717) is 34.0 Å². The standard InChI is InChI=1S/C26H25N7O4/c1-15-5-6-18(11-16(15)2)32-24-21(13-27-32)25(35)30-26(29-24)33-22(12-17(3)31-33)28-23(34)14-37-20-9-7-19(36-4)8-10-20/h5-13H,14H2,1-4H3,(H,28,34)(H,29,30,35). The quantitative estimate of drug-likeness (QED) is 0.352. The predicted molar refractivity (Wildman–Crippen MR) is 138 cm³/mol. The second-order valence-electron chi connectivity index (χ2n) is 8.55. The lowest BCUT2D eigenvalue weighted by atomic mass is 10.1. The zero-order chi connectivity index (χ0) is 26.1. The number of carbonyl (C=O) groups excluding carboxylic acids is 1. The summed E-state index contributed by atoms with van der Waals surface area (Å²) >= 11 is 0. The third-order valence-corrected chi connectivity index (χ3v) is 5.89. The third kappa shape index (κ3) is 4.79. The summed E-state index contributed by atoms with van der Waals surface area (Å²) in [6.07, 6.45) is 1.48. The molecule has 0 saturated heterocycles. The van der Waals surface area contributed by atoms with Gasteiger partial charge in [-0.1, -0.05) is 6.07 Å². The molecule has 0 spiro atoms. The summed E-state index contributed by atoms with van der Waals surface area (Å²) in [6, 6.07) is 14.5. The Labute approximate surface area is 211 Å². The highest BCUT2D eigenvalue weighted by Gasteiger charge is 2.17. The molecule has 3 heterocycles. The molecule has 0 aliphatic rings. The van der Waals surface area contributed by atoms with Gasteiger partial charge in [0.1, 0.15) is 22.7 Å². The van der Waals surface area contributed by atoms with Crippen LogP contribution in [0.25, 0.3) is 22.7 Å². The molecule has 0 aliphatic heterocycles. The number of hydrogen-bond acceptors (Lipinski definition) is 7. The number of amides is 1. The molecule has 3 aromatic heterocycles. The van der Waals surface area contributed by atoms with Crippen molar-refractivity contribution in [3.05, 3.63) is 81.9 Å². The Hall–Kier alpha value is -4.93. The molecule has 188 valence electrons. The number of hydrogen-bond donors (Lipinski definition) is 2. The number of H-pyrrole nitrogens is 1. The van der Waals surface area contributed by atoms with Crippen LogP contribution in [0.3, 0.4) is 0 Å². The van der Waals surface area contributed by atoms with Crippen molar-refractivity contribution in [2.75, 3.05) is 19.0 Å². The van der Waals surface area contributed by atoms with Crippen LogP contribution >= 0.6 is 0 Å². The molecule has 1 amide bonds. The zero-order valence-corrected chi connectivity index (χ0v) is 20.8. The van der Waals surface area contributed by atoms with E-state index in [1.807, 2.05) is 32.0 Å². The Balaban J connectivity index is 1.43. The molecule has 0 bridgehead atoms. The van der Waals surface area contributed by atoms with E-state index in [1.165, 1.54) is 10.9 Å². The first kappa shape index (κ1) is 23.8. The van der Waals surface area contributed by atoms with Gasteiger partial charge >= 0.3 is 0 Å². The number of nitrogens with zero attached hydrogens (tertiary/aromatic N) is 5. The number of aryl methyl sites for hydroxylation is 3. The minimum absolute atomic E-state index is 0.141. The molecule has 0 atom stereocenters. The molecular weight excluding hydrogens is 474 g/mol. The topological polar surface area (TPSA) is 129 Å². The van der Waals surface area contributed by atoms with Crippen LogP contribution in [0.2, 0.25) is 0 Å². The molecule has 0 fully saturated rings. The number of fused-ring (bicyclic) bond motifs is 1. The first-order chi connectivity index (χ1) is 17.8. The van der Waals surface area contributed by atoms with Crippen LogP contribution < -0.4 is 20.3 Å². The first-order valence-corrected chi connectivity index (χ1v) is 11.5. The summed E-state index contributed by atoms with van der Waals surface area (Å²) in [5, 5.41) is 11.9. The van der Waals surface area contributed by atoms with Crippen LogP contribution in [-0.4, -0.2) is 49.2 Å². The van der Waals surface area contributed by atoms with Gasteiger partial charge < -0.3 is 14.8 Å². The van der Waals surface area contributed by atoms with Crippen LogP contribution in [-0.2, 0) is 4.79 Å². The molecule has 11 nitrogen and oxygen atoms in total. The predicted octanol–water partition coefficient (Wildman–Crippen LogP) is 3.25. The van der Waals surface area contributed by atoms with Crippen LogP contribution in [0.15, 0.2) is 59.5 Å². The number of anilines is 1. The molecule has 37 heavy (non-hydrogen) atoms. The maximum absolute atomic E-state index is 12.9. The van der Waals surface area contributed by atoms with Gasteiger partial charge in [0.15, 0.2) is 12.3 Å². The summed E-state index contributed by atoms with van der Waals surface area (Å²) in [5.41, 5.74) is 3.64. The third-order valence-electron chi connectivity index (χ3n) is 5.89. The Morgan fingerprint density at radius 2 is 1.76 bits per heavy atom. The number of nitrogens with one attached hydrogen (secondary N) is 2. The van der Waals surface area contributed by atoms with Gasteiger partial charge in [-0.3, -0.25) is 14.6 Å². The smallest absolute Gasteiger partial charge is 0.263 e. The fourth-order valence-electron chi connectivity index (χ4n) is 3.80. The fourth-order valence-corrected chi connectivity index (χ4v) is 3.80. The van der Waals surface area contributed by atoms with E-state index < -0.39 is 5.91 Å². The molecule has 11 heteroatoms. The minimum atomic E-state index is -0.402. The lowest BCUT2D eigenvalue weighted by molar-refractivity contribution is -0.118. The van der Waals surface area contributed by atoms with Crippen molar-refractivity contribution in [2.24, 2.45) is 0 Å². The molecule has 5 aromatic rings. The maximum atomic E-state index is 12.9. The molecule has 2 N–H and O–H groups in total. The summed E-state index contributed by atoms with van der Waals surface area (Å²) in [6.45, 7) is 5.59. The number of aromatic amines is 1. The molecule has 0 unspecified atom stereocenters. The Morgan fingerprint density at radius 1 is 1.00 bits per heavy atom. The number of aromatic nitrogens is 6. The van der Waals surface area contributed by atoms with Crippen LogP contribution in [0, 0.1) is 20.8 Å². The van der Waals surface area contributed by atoms with E-state index in [2.05, 4.69) is 25.5 Å². The molecule has 0 radical (unpaired) electrons. The highest BCUT2D eigenvalue weighted by Crippen LogP contribution is 2.20. The average Bonchev–Trinajstić information content (AvgIpc) is 3.48. The summed E-state index contributed by atoms with van der Waals surface area (Å²) < 4.78 is 13.7. The van der Waals surface area contributed by atoms with Gasteiger partial charge in [-0.15, -0.1) is 0 Å². The van der Waals surface area contributed by atoms with Crippen LogP contribution in [0.1, 0.15) is 16.8 Å². The van der Waals surface area contributed by atoms with E-state index >= 15 is 0 Å². The highest BCUT2D eigenvalue weighted by molar-refractivity contribution is 5.91. The van der Waals surface area contributed by atoms with E-state index in [4.69, 9.17) is 9.47 Å². The number of benzene rings is 2. The lowest BCUT2D eigenvalue weighted by Crippen LogP contribution is -2.23. The summed E-state index contributed by atoms with van der Waals surface area (Å²) in [7, 11) is 1.57. The lowest BCUT2D eigenvalue weighted by Gasteiger charge is -2.10. The summed E-state index contributed by atoms with van der Waals surface area (Å²) in [4.78, 5) is 32.9. The molecule has 2 aromatic carbocycles. The van der Waals surface area contributed by atoms with Crippen LogP contribution in [0.5, 0.6) is 11.5 Å². The maximum Gasteiger partial charge on any atom is 0.263 e. The van der Waals surface area contributed by atoms with Crippen molar-refractivity contribution < 1.29 is 14.3 Å². The van der Waals surface area contributed by atoms with Crippen molar-refractivity contribution in [1.82, 2.24) is 29.5 Å². The Bertz CT molecular complexity index is 1670. The summed E-state index contributed by atoms with van der Waals surface area (Å²) in [5.74, 6) is 1.29. The first-order valence-electron chi connectivity index (χ1n) is 11.5. The largest absolute Gasteiger partial charge is 0.497 e. The van der Waals surface area contributed by atoms with E-state index in [9.17, 15) is 9.59 Å². The van der Waals surface area contributed by atoms with Crippen molar-refractivity contribution in [3.8, 4) is 23.1 Å². The Kier molecular flexibility index (Phi) is 6.18. The number of methoxy groups -OCH3 is 1. The molecule has 0 aliphatic carbocycles. The van der Waals surface area contributed by atoms with E-state index in [0.717, 1.165) is 16.8 Å². The SMILES string of the molecule is COc1ccc(OCC(=O)Nc2cc(C)nn2-c2nc3c(cnn3-c3ccc(C)c(C)c3)c(=O)[nH]2)cc1. The van der Waals surface area contributed by atoms with Gasteiger partial charge in [-0.05, 0) is 68.3 Å². The van der Waals surface area contributed by atoms with Crippen molar-refractivity contribution in [1.29, 1.82) is 0 Å². The normalized spacial score (nSPS) is 11.0. The number of ether oxygens (including phenoxy) is 2. The van der Waals surface area contributed by atoms with Gasteiger partial charge in [0.2, 0.25) is 5.95 Å². The van der Waals surface area contributed by atoms with Gasteiger partial charge in [0.25, 0.3) is 11.5 Å². The van der Waals surface area contributed by atoms with Crippen molar-refractivity contribution >= 4 is 22.8 Å². The Morgan fingerprint density at radius 3 is 2.49 bits per heavy atom. The van der Waals surface area contributed by atoms with Gasteiger partial charge in [-0.25, -0.2) is 4.68 Å².